The van der Waals surface area contributed by atoms with Gasteiger partial charge in [-0.25, -0.2) is 4.98 Å². The Morgan fingerprint density at radius 3 is 2.42 bits per heavy atom. The molecular formula is C27H26N2O6S. The number of pyridine rings is 1. The van der Waals surface area contributed by atoms with E-state index in [1.807, 2.05) is 30.5 Å². The number of amides is 1. The second kappa shape index (κ2) is 10.8. The largest absolute Gasteiger partial charge is 0.494 e. The van der Waals surface area contributed by atoms with Crippen molar-refractivity contribution >= 4 is 33.1 Å². The summed E-state index contributed by atoms with van der Waals surface area (Å²) in [6.07, 6.45) is 0. The number of fused-ring (bicyclic) bond motifs is 1. The first kappa shape index (κ1) is 25.2. The molecule has 0 unspecified atom stereocenters. The molecule has 0 spiro atoms. The number of nitrogens with zero attached hydrogens (tertiary/aromatic N) is 1. The number of nitrogens with one attached hydrogen (secondary N) is 1. The van der Waals surface area contributed by atoms with Gasteiger partial charge in [0.15, 0.2) is 11.5 Å². The van der Waals surface area contributed by atoms with Crippen molar-refractivity contribution in [1.82, 2.24) is 10.3 Å². The number of thiophene rings is 1. The van der Waals surface area contributed by atoms with Gasteiger partial charge in [-0.05, 0) is 42.8 Å². The second-order valence-electron chi connectivity index (χ2n) is 7.99. The fourth-order valence-corrected chi connectivity index (χ4v) is 4.95. The van der Waals surface area contributed by atoms with Gasteiger partial charge in [0.25, 0.3) is 5.91 Å². The Balaban J connectivity index is 1.64. The Morgan fingerprint density at radius 1 is 1.00 bits per heavy atom. The van der Waals surface area contributed by atoms with Gasteiger partial charge in [0.2, 0.25) is 5.78 Å². The lowest BCUT2D eigenvalue weighted by atomic mass is 10.0. The molecule has 0 bridgehead atoms. The van der Waals surface area contributed by atoms with Gasteiger partial charge in [0.1, 0.15) is 23.2 Å². The van der Waals surface area contributed by atoms with Gasteiger partial charge in [-0.2, -0.15) is 0 Å². The first-order chi connectivity index (χ1) is 17.4. The fourth-order valence-electron chi connectivity index (χ4n) is 3.92. The van der Waals surface area contributed by atoms with Gasteiger partial charge in [0, 0.05) is 26.6 Å². The molecule has 0 aliphatic carbocycles. The highest BCUT2D eigenvalue weighted by atomic mass is 32.1. The first-order valence-corrected chi connectivity index (χ1v) is 12.0. The van der Waals surface area contributed by atoms with Gasteiger partial charge < -0.3 is 24.6 Å². The van der Waals surface area contributed by atoms with Gasteiger partial charge in [-0.3, -0.25) is 9.59 Å². The number of aliphatic hydroxyl groups excluding tert-OH is 1. The van der Waals surface area contributed by atoms with E-state index in [2.05, 4.69) is 10.3 Å². The van der Waals surface area contributed by atoms with Crippen LogP contribution in [-0.2, 0) is 0 Å². The third-order valence-electron chi connectivity index (χ3n) is 5.83. The van der Waals surface area contributed by atoms with Crippen LogP contribution in [0.15, 0.2) is 53.9 Å². The fraction of sp³-hybridized carbons (Fsp3) is 0.222. The molecule has 186 valence electrons. The van der Waals surface area contributed by atoms with E-state index in [0.29, 0.717) is 22.9 Å². The number of aliphatic hydroxyl groups is 1. The maximum atomic E-state index is 13.3. The van der Waals surface area contributed by atoms with Crippen LogP contribution in [0.2, 0.25) is 0 Å². The monoisotopic (exact) mass is 506 g/mol. The van der Waals surface area contributed by atoms with Crippen molar-refractivity contribution in [1.29, 1.82) is 0 Å². The lowest BCUT2D eigenvalue weighted by Gasteiger charge is -2.17. The Bertz CT molecular complexity index is 1430. The number of aryl methyl sites for hydroxylation is 1. The predicted molar refractivity (Wildman–Crippen MR) is 139 cm³/mol. The third-order valence-corrected chi connectivity index (χ3v) is 6.96. The van der Waals surface area contributed by atoms with Gasteiger partial charge in [0.05, 0.1) is 27.9 Å². The SMILES string of the molecule is COc1ccc(C(=O)N[C@@H](CO)C(=O)c2ccc(OC)c(-c3csc4c(C)cccc34)n2)cc1OC. The van der Waals surface area contributed by atoms with Gasteiger partial charge in [-0.15, -0.1) is 11.3 Å². The van der Waals surface area contributed by atoms with E-state index in [1.54, 1.807) is 36.6 Å². The number of aromatic nitrogens is 1. The van der Waals surface area contributed by atoms with E-state index in [-0.39, 0.29) is 11.3 Å². The summed E-state index contributed by atoms with van der Waals surface area (Å²) in [5, 5.41) is 15.5. The molecule has 1 atom stereocenters. The molecule has 36 heavy (non-hydrogen) atoms. The number of benzene rings is 2. The van der Waals surface area contributed by atoms with Crippen molar-refractivity contribution in [3.63, 3.8) is 0 Å². The molecule has 2 N–H and O–H groups in total. The third kappa shape index (κ3) is 4.75. The molecule has 2 aromatic heterocycles. The highest BCUT2D eigenvalue weighted by molar-refractivity contribution is 7.18. The number of Topliss-reactive ketones (excluding diaryl/α,β-unsaturated/α-hetero) is 1. The van der Waals surface area contributed by atoms with E-state index in [4.69, 9.17) is 14.2 Å². The molecule has 0 aliphatic heterocycles. The zero-order valence-electron chi connectivity index (χ0n) is 20.3. The summed E-state index contributed by atoms with van der Waals surface area (Å²) in [5.74, 6) is 0.289. The Morgan fingerprint density at radius 2 is 1.72 bits per heavy atom. The molecule has 0 radical (unpaired) electrons. The average Bonchev–Trinajstić information content (AvgIpc) is 3.35. The van der Waals surface area contributed by atoms with E-state index < -0.39 is 24.3 Å². The Labute approximate surface area is 212 Å². The Hall–Kier alpha value is -3.95. The molecule has 0 fully saturated rings. The zero-order chi connectivity index (χ0) is 25.8. The van der Waals surface area contributed by atoms with Crippen LogP contribution in [0, 0.1) is 6.92 Å². The lowest BCUT2D eigenvalue weighted by molar-refractivity contribution is 0.0810. The quantitative estimate of drug-likeness (QED) is 0.327. The summed E-state index contributed by atoms with van der Waals surface area (Å²) < 4.78 is 17.1. The number of hydrogen-bond donors (Lipinski definition) is 2. The number of carbonyl (C=O) groups excluding carboxylic acids is 2. The summed E-state index contributed by atoms with van der Waals surface area (Å²) in [7, 11) is 4.50. The minimum atomic E-state index is -1.19. The summed E-state index contributed by atoms with van der Waals surface area (Å²) >= 11 is 1.59. The molecule has 9 heteroatoms. The number of rotatable bonds is 9. The summed E-state index contributed by atoms with van der Waals surface area (Å²) in [6, 6.07) is 12.7. The molecule has 4 rings (SSSR count). The summed E-state index contributed by atoms with van der Waals surface area (Å²) in [5.41, 5.74) is 2.86. The number of ketones is 1. The van der Waals surface area contributed by atoms with E-state index in [9.17, 15) is 14.7 Å². The maximum Gasteiger partial charge on any atom is 0.252 e. The highest BCUT2D eigenvalue weighted by Crippen LogP contribution is 2.38. The summed E-state index contributed by atoms with van der Waals surface area (Å²) in [4.78, 5) is 30.7. The average molecular weight is 507 g/mol. The number of carbonyl (C=O) groups is 2. The minimum Gasteiger partial charge on any atom is -0.494 e. The standard InChI is InChI=1S/C27H26N2O6S/c1-15-6-5-7-17-18(14-36-26(15)17)24-22(34-3)11-9-19(28-24)25(31)20(13-30)29-27(32)16-8-10-21(33-2)23(12-16)35-4/h5-12,14,20,30H,13H2,1-4H3,(H,29,32)/t20-/m0/s1. The van der Waals surface area contributed by atoms with Crippen LogP contribution < -0.4 is 19.5 Å². The molecule has 2 heterocycles. The van der Waals surface area contributed by atoms with Crippen molar-refractivity contribution in [3.8, 4) is 28.5 Å². The number of methoxy groups -OCH3 is 3. The predicted octanol–water partition coefficient (Wildman–Crippen LogP) is 4.27. The van der Waals surface area contributed by atoms with Gasteiger partial charge in [-0.1, -0.05) is 18.2 Å². The second-order valence-corrected chi connectivity index (χ2v) is 8.87. The van der Waals surface area contributed by atoms with Crippen LogP contribution in [0.3, 0.4) is 0 Å². The number of hydrogen-bond acceptors (Lipinski definition) is 8. The molecule has 0 saturated heterocycles. The van der Waals surface area contributed by atoms with E-state index >= 15 is 0 Å². The van der Waals surface area contributed by atoms with Crippen LogP contribution in [0.4, 0.5) is 0 Å². The molecule has 0 saturated carbocycles. The minimum absolute atomic E-state index is 0.101. The molecular weight excluding hydrogens is 480 g/mol. The smallest absolute Gasteiger partial charge is 0.252 e. The van der Waals surface area contributed by atoms with Crippen LogP contribution in [-0.4, -0.2) is 55.8 Å². The molecule has 2 aromatic carbocycles. The van der Waals surface area contributed by atoms with Crippen molar-refractivity contribution in [2.45, 2.75) is 13.0 Å². The topological polar surface area (TPSA) is 107 Å². The van der Waals surface area contributed by atoms with Crippen LogP contribution in [0.25, 0.3) is 21.3 Å². The van der Waals surface area contributed by atoms with Crippen molar-refractivity contribution in [2.24, 2.45) is 0 Å². The van der Waals surface area contributed by atoms with Crippen molar-refractivity contribution < 1.29 is 28.9 Å². The normalized spacial score (nSPS) is 11.7. The van der Waals surface area contributed by atoms with Crippen molar-refractivity contribution in [3.05, 3.63) is 70.7 Å². The zero-order valence-corrected chi connectivity index (χ0v) is 21.1. The van der Waals surface area contributed by atoms with Crippen LogP contribution >= 0.6 is 11.3 Å². The summed E-state index contributed by atoms with van der Waals surface area (Å²) in [6.45, 7) is 1.45. The van der Waals surface area contributed by atoms with E-state index in [1.165, 1.54) is 26.4 Å². The molecule has 4 aromatic rings. The molecule has 1 amide bonds. The van der Waals surface area contributed by atoms with Crippen molar-refractivity contribution in [2.75, 3.05) is 27.9 Å². The van der Waals surface area contributed by atoms with Crippen LogP contribution in [0.5, 0.6) is 17.2 Å². The molecule has 8 nitrogen and oxygen atoms in total. The van der Waals surface area contributed by atoms with E-state index in [0.717, 1.165) is 21.2 Å². The number of ether oxygens (including phenoxy) is 3. The maximum absolute atomic E-state index is 13.3. The first-order valence-electron chi connectivity index (χ1n) is 11.1. The highest BCUT2D eigenvalue weighted by Gasteiger charge is 2.25. The van der Waals surface area contributed by atoms with Gasteiger partial charge >= 0.3 is 0 Å². The molecule has 0 aliphatic rings. The lowest BCUT2D eigenvalue weighted by Crippen LogP contribution is -2.43. The Kier molecular flexibility index (Phi) is 7.52. The van der Waals surface area contributed by atoms with Crippen LogP contribution in [0.1, 0.15) is 26.4 Å².